The van der Waals surface area contributed by atoms with Gasteiger partial charge in [0.05, 0.1) is 6.54 Å². The van der Waals surface area contributed by atoms with E-state index >= 15 is 0 Å². The fourth-order valence-electron chi connectivity index (χ4n) is 2.27. The van der Waals surface area contributed by atoms with Crippen molar-refractivity contribution < 1.29 is 14.0 Å². The lowest BCUT2D eigenvalue weighted by atomic mass is 10.1. The van der Waals surface area contributed by atoms with Crippen LogP contribution in [0.1, 0.15) is 17.5 Å². The molecule has 2 aromatic carbocycles. The van der Waals surface area contributed by atoms with Gasteiger partial charge in [-0.1, -0.05) is 35.9 Å². The molecule has 0 bridgehead atoms. The Morgan fingerprint density at radius 2 is 1.75 bits per heavy atom. The van der Waals surface area contributed by atoms with Crippen molar-refractivity contribution in [1.82, 2.24) is 4.90 Å². The molecule has 0 unspecified atom stereocenters. The lowest BCUT2D eigenvalue weighted by Gasteiger charge is -2.17. The third-order valence-corrected chi connectivity index (χ3v) is 3.71. The molecule has 0 radical (unpaired) electrons. The van der Waals surface area contributed by atoms with Crippen LogP contribution < -0.4 is 5.32 Å². The van der Waals surface area contributed by atoms with E-state index < -0.39 is 0 Å². The van der Waals surface area contributed by atoms with Crippen LogP contribution in [0.2, 0.25) is 0 Å². The van der Waals surface area contributed by atoms with Crippen LogP contribution in [-0.2, 0) is 16.0 Å². The third kappa shape index (κ3) is 5.19. The second-order valence-electron chi connectivity index (χ2n) is 5.76. The van der Waals surface area contributed by atoms with Gasteiger partial charge in [0.25, 0.3) is 0 Å². The van der Waals surface area contributed by atoms with Crippen LogP contribution in [-0.4, -0.2) is 30.3 Å². The summed E-state index contributed by atoms with van der Waals surface area (Å²) in [6, 6.07) is 13.8. The van der Waals surface area contributed by atoms with E-state index in [-0.39, 0.29) is 30.6 Å². The average molecular weight is 328 g/mol. The highest BCUT2D eigenvalue weighted by molar-refractivity contribution is 5.94. The fourth-order valence-corrected chi connectivity index (χ4v) is 2.27. The number of nitrogens with one attached hydrogen (secondary N) is 1. The largest absolute Gasteiger partial charge is 0.336 e. The molecule has 1 N–H and O–H groups in total. The van der Waals surface area contributed by atoms with E-state index in [2.05, 4.69) is 5.32 Å². The van der Waals surface area contributed by atoms with Crippen LogP contribution in [0.15, 0.2) is 48.5 Å². The van der Waals surface area contributed by atoms with Crippen LogP contribution >= 0.6 is 0 Å². The van der Waals surface area contributed by atoms with E-state index in [9.17, 15) is 14.0 Å². The van der Waals surface area contributed by atoms with Gasteiger partial charge in [0.1, 0.15) is 5.82 Å². The van der Waals surface area contributed by atoms with E-state index in [4.69, 9.17) is 0 Å². The Balaban J connectivity index is 1.81. The Morgan fingerprint density at radius 3 is 2.42 bits per heavy atom. The molecule has 2 amide bonds. The number of nitrogens with zero attached hydrogens (tertiary/aromatic N) is 1. The van der Waals surface area contributed by atoms with Crippen molar-refractivity contribution in [2.75, 3.05) is 18.9 Å². The number of halogens is 1. The maximum atomic E-state index is 13.5. The lowest BCUT2D eigenvalue weighted by molar-refractivity contribution is -0.133. The summed E-state index contributed by atoms with van der Waals surface area (Å²) in [5, 5.41) is 2.74. The van der Waals surface area contributed by atoms with Gasteiger partial charge in [0, 0.05) is 19.2 Å². The summed E-state index contributed by atoms with van der Waals surface area (Å²) in [7, 11) is 1.57. The highest BCUT2D eigenvalue weighted by atomic mass is 19.1. The first-order valence-corrected chi connectivity index (χ1v) is 7.79. The summed E-state index contributed by atoms with van der Waals surface area (Å²) in [4.78, 5) is 25.4. The van der Waals surface area contributed by atoms with Crippen molar-refractivity contribution in [2.45, 2.75) is 19.8 Å². The third-order valence-electron chi connectivity index (χ3n) is 3.71. The summed E-state index contributed by atoms with van der Waals surface area (Å²) in [6.07, 6.45) is 0.477. The number of carbonyl (C=O) groups excluding carboxylic acids is 2. The van der Waals surface area contributed by atoms with Gasteiger partial charge in [-0.15, -0.1) is 0 Å². The molecule has 0 fully saturated rings. The molecule has 0 spiro atoms. The molecule has 5 heteroatoms. The Kier molecular flexibility index (Phi) is 6.07. The predicted octanol–water partition coefficient (Wildman–Crippen LogP) is 3.16. The number of likely N-dealkylation sites (N-methyl/N-ethyl adjacent to an activating group) is 1. The quantitative estimate of drug-likeness (QED) is 0.885. The van der Waals surface area contributed by atoms with Gasteiger partial charge in [-0.05, 0) is 37.1 Å². The minimum Gasteiger partial charge on any atom is -0.336 e. The van der Waals surface area contributed by atoms with E-state index in [1.165, 1.54) is 11.0 Å². The highest BCUT2D eigenvalue weighted by Crippen LogP contribution is 2.10. The minimum absolute atomic E-state index is 0.0377. The molecule has 0 aliphatic heterocycles. The molecular weight excluding hydrogens is 307 g/mol. The number of hydrogen-bond acceptors (Lipinski definition) is 2. The standard InChI is InChI=1S/C19H21FN2O2/c1-14-7-10-16(11-8-14)21-18(23)13-22(2)19(24)12-9-15-5-3-4-6-17(15)20/h3-8,10-11H,9,12-13H2,1-2H3,(H,21,23). The summed E-state index contributed by atoms with van der Waals surface area (Å²) in [6.45, 7) is 1.93. The lowest BCUT2D eigenvalue weighted by Crippen LogP contribution is -2.35. The smallest absolute Gasteiger partial charge is 0.243 e. The number of anilines is 1. The van der Waals surface area contributed by atoms with Crippen LogP contribution in [0.3, 0.4) is 0 Å². The summed E-state index contributed by atoms with van der Waals surface area (Å²) < 4.78 is 13.5. The number of hydrogen-bond donors (Lipinski definition) is 1. The van der Waals surface area contributed by atoms with E-state index in [0.717, 1.165) is 5.56 Å². The van der Waals surface area contributed by atoms with Gasteiger partial charge in [-0.2, -0.15) is 0 Å². The van der Waals surface area contributed by atoms with Crippen LogP contribution in [0.4, 0.5) is 10.1 Å². The first-order valence-electron chi connectivity index (χ1n) is 7.79. The van der Waals surface area contributed by atoms with Gasteiger partial charge < -0.3 is 10.2 Å². The van der Waals surface area contributed by atoms with Crippen molar-refractivity contribution in [2.24, 2.45) is 0 Å². The zero-order valence-corrected chi connectivity index (χ0v) is 13.9. The second-order valence-corrected chi connectivity index (χ2v) is 5.76. The number of benzene rings is 2. The molecule has 0 heterocycles. The first kappa shape index (κ1) is 17.7. The van der Waals surface area contributed by atoms with E-state index in [1.807, 2.05) is 31.2 Å². The van der Waals surface area contributed by atoms with Crippen LogP contribution in [0.25, 0.3) is 0 Å². The Hall–Kier alpha value is -2.69. The summed E-state index contributed by atoms with van der Waals surface area (Å²) in [5.41, 5.74) is 2.30. The maximum Gasteiger partial charge on any atom is 0.243 e. The Bertz CT molecular complexity index is 714. The number of rotatable bonds is 6. The fraction of sp³-hybridized carbons (Fsp3) is 0.263. The van der Waals surface area contributed by atoms with Gasteiger partial charge >= 0.3 is 0 Å². The molecule has 0 aliphatic carbocycles. The molecule has 0 saturated carbocycles. The first-order chi connectivity index (χ1) is 11.5. The predicted molar refractivity (Wildman–Crippen MR) is 92.2 cm³/mol. The summed E-state index contributed by atoms with van der Waals surface area (Å²) in [5.74, 6) is -0.775. The Labute approximate surface area is 141 Å². The van der Waals surface area contributed by atoms with Gasteiger partial charge in [-0.3, -0.25) is 9.59 Å². The van der Waals surface area contributed by atoms with Crippen molar-refractivity contribution in [3.8, 4) is 0 Å². The van der Waals surface area contributed by atoms with Gasteiger partial charge in [0.15, 0.2) is 0 Å². The summed E-state index contributed by atoms with van der Waals surface area (Å²) >= 11 is 0. The van der Waals surface area contributed by atoms with Crippen LogP contribution in [0.5, 0.6) is 0 Å². The molecule has 4 nitrogen and oxygen atoms in total. The molecule has 0 atom stereocenters. The van der Waals surface area contributed by atoms with Crippen molar-refractivity contribution in [3.05, 3.63) is 65.5 Å². The zero-order chi connectivity index (χ0) is 17.5. The van der Waals surface area contributed by atoms with Crippen LogP contribution in [0, 0.1) is 12.7 Å². The van der Waals surface area contributed by atoms with Crippen molar-refractivity contribution in [3.63, 3.8) is 0 Å². The highest BCUT2D eigenvalue weighted by Gasteiger charge is 2.14. The molecule has 0 aliphatic rings. The average Bonchev–Trinajstić information content (AvgIpc) is 2.56. The molecule has 2 aromatic rings. The molecule has 0 saturated heterocycles. The monoisotopic (exact) mass is 328 g/mol. The Morgan fingerprint density at radius 1 is 1.08 bits per heavy atom. The number of aryl methyl sites for hydroxylation is 2. The van der Waals surface area contributed by atoms with E-state index in [0.29, 0.717) is 17.7 Å². The topological polar surface area (TPSA) is 49.4 Å². The maximum absolute atomic E-state index is 13.5. The van der Waals surface area contributed by atoms with E-state index in [1.54, 1.807) is 25.2 Å². The SMILES string of the molecule is Cc1ccc(NC(=O)CN(C)C(=O)CCc2ccccc2F)cc1. The molecular formula is C19H21FN2O2. The molecule has 0 aromatic heterocycles. The van der Waals surface area contributed by atoms with Crippen molar-refractivity contribution >= 4 is 17.5 Å². The zero-order valence-electron chi connectivity index (χ0n) is 13.9. The van der Waals surface area contributed by atoms with Crippen molar-refractivity contribution in [1.29, 1.82) is 0 Å². The molecule has 2 rings (SSSR count). The molecule has 126 valence electrons. The van der Waals surface area contributed by atoms with Gasteiger partial charge in [-0.25, -0.2) is 4.39 Å². The molecule has 24 heavy (non-hydrogen) atoms. The van der Waals surface area contributed by atoms with Gasteiger partial charge in [0.2, 0.25) is 11.8 Å². The second kappa shape index (κ2) is 8.24. The number of carbonyl (C=O) groups is 2. The normalized spacial score (nSPS) is 10.3. The number of amides is 2. The minimum atomic E-state index is -0.315.